The van der Waals surface area contributed by atoms with Gasteiger partial charge in [-0.15, -0.1) is 0 Å². The van der Waals surface area contributed by atoms with E-state index in [1.54, 1.807) is 50.5 Å². The first-order valence-corrected chi connectivity index (χ1v) is 11.1. The number of halogens is 3. The minimum Gasteiger partial charge on any atom is -0.504 e. The molecule has 9 heteroatoms. The lowest BCUT2D eigenvalue weighted by Crippen LogP contribution is -2.43. The first-order valence-electron chi connectivity index (χ1n) is 11.1. The highest BCUT2D eigenvalue weighted by Crippen LogP contribution is 2.33. The van der Waals surface area contributed by atoms with Crippen molar-refractivity contribution in [3.63, 3.8) is 0 Å². The van der Waals surface area contributed by atoms with Gasteiger partial charge in [-0.25, -0.2) is 0 Å². The first kappa shape index (κ1) is 26.6. The van der Waals surface area contributed by atoms with E-state index >= 15 is 0 Å². The number of carbonyl (C=O) groups excluding carboxylic acids is 2. The average Bonchev–Trinajstić information content (AvgIpc) is 2.84. The number of phenolic OH excluding ortho intramolecular Hbond substituents is 1. The minimum atomic E-state index is -4.45. The van der Waals surface area contributed by atoms with E-state index in [0.29, 0.717) is 16.8 Å². The second kappa shape index (κ2) is 11.2. The number of ether oxygens (including phenoxy) is 1. The standard InChI is InChI=1S/C27H27F3N2O4/c1-31(2)25(34)24(19-7-5-4-6-8-19)26(35)32(21-13-14-23(36-3)22(33)17-21)16-15-18-9-11-20(12-10-18)27(28,29)30/h4-14,17,24,33H,15-16H2,1-3H3. The largest absolute Gasteiger partial charge is 0.504 e. The number of nitrogens with zero attached hydrogens (tertiary/aromatic N) is 2. The molecule has 2 amide bonds. The van der Waals surface area contributed by atoms with Crippen molar-refractivity contribution in [2.24, 2.45) is 0 Å². The topological polar surface area (TPSA) is 70.1 Å². The molecule has 6 nitrogen and oxygen atoms in total. The molecule has 0 saturated carbocycles. The summed E-state index contributed by atoms with van der Waals surface area (Å²) in [5.74, 6) is -2.10. The molecule has 0 aromatic heterocycles. The maximum Gasteiger partial charge on any atom is 0.416 e. The highest BCUT2D eigenvalue weighted by Gasteiger charge is 2.34. The normalized spacial score (nSPS) is 12.1. The minimum absolute atomic E-state index is 0.0556. The van der Waals surface area contributed by atoms with Crippen LogP contribution in [0.25, 0.3) is 0 Å². The third-order valence-electron chi connectivity index (χ3n) is 5.71. The molecule has 0 radical (unpaired) electrons. The average molecular weight is 501 g/mol. The van der Waals surface area contributed by atoms with Crippen LogP contribution in [0.4, 0.5) is 18.9 Å². The Kier molecular flexibility index (Phi) is 8.24. The Balaban J connectivity index is 1.99. The molecular weight excluding hydrogens is 473 g/mol. The lowest BCUT2D eigenvalue weighted by molar-refractivity contribution is -0.138. The summed E-state index contributed by atoms with van der Waals surface area (Å²) >= 11 is 0. The van der Waals surface area contributed by atoms with Gasteiger partial charge in [-0.1, -0.05) is 42.5 Å². The Hall–Kier alpha value is -4.01. The van der Waals surface area contributed by atoms with Crippen LogP contribution in [0.1, 0.15) is 22.6 Å². The zero-order valence-corrected chi connectivity index (χ0v) is 20.1. The molecule has 0 spiro atoms. The monoisotopic (exact) mass is 500 g/mol. The molecule has 0 heterocycles. The second-order valence-electron chi connectivity index (χ2n) is 8.37. The van der Waals surface area contributed by atoms with Crippen LogP contribution in [-0.2, 0) is 22.2 Å². The van der Waals surface area contributed by atoms with Crippen LogP contribution >= 0.6 is 0 Å². The van der Waals surface area contributed by atoms with Crippen LogP contribution in [0, 0.1) is 0 Å². The third-order valence-corrected chi connectivity index (χ3v) is 5.71. The van der Waals surface area contributed by atoms with Gasteiger partial charge < -0.3 is 19.6 Å². The second-order valence-corrected chi connectivity index (χ2v) is 8.37. The fourth-order valence-electron chi connectivity index (χ4n) is 3.76. The van der Waals surface area contributed by atoms with E-state index < -0.39 is 29.5 Å². The number of rotatable bonds is 8. The van der Waals surface area contributed by atoms with Gasteiger partial charge in [0.15, 0.2) is 11.5 Å². The number of carbonyl (C=O) groups is 2. The van der Waals surface area contributed by atoms with Gasteiger partial charge in [0, 0.05) is 32.4 Å². The molecule has 0 saturated heterocycles. The molecule has 36 heavy (non-hydrogen) atoms. The van der Waals surface area contributed by atoms with Crippen LogP contribution < -0.4 is 9.64 Å². The predicted molar refractivity (Wildman–Crippen MR) is 130 cm³/mol. The summed E-state index contributed by atoms with van der Waals surface area (Å²) in [5.41, 5.74) is 0.630. The Morgan fingerprint density at radius 2 is 1.58 bits per heavy atom. The molecule has 0 fully saturated rings. The van der Waals surface area contributed by atoms with Gasteiger partial charge in [0.25, 0.3) is 0 Å². The summed E-state index contributed by atoms with van der Waals surface area (Å²) in [5, 5.41) is 10.3. The summed E-state index contributed by atoms with van der Waals surface area (Å²) < 4.78 is 43.9. The lowest BCUT2D eigenvalue weighted by Gasteiger charge is -2.29. The van der Waals surface area contributed by atoms with E-state index in [9.17, 15) is 27.9 Å². The molecule has 1 unspecified atom stereocenters. The summed E-state index contributed by atoms with van der Waals surface area (Å²) in [6.07, 6.45) is -4.23. The third kappa shape index (κ3) is 6.16. The fourth-order valence-corrected chi connectivity index (χ4v) is 3.76. The van der Waals surface area contributed by atoms with Crippen LogP contribution in [-0.4, -0.2) is 49.6 Å². The molecule has 0 aliphatic rings. The summed E-state index contributed by atoms with van der Waals surface area (Å²) in [6, 6.07) is 17.7. The Labute approximate surface area is 207 Å². The fraction of sp³-hybridized carbons (Fsp3) is 0.259. The number of alkyl halides is 3. The molecular formula is C27H27F3N2O4. The number of aromatic hydroxyl groups is 1. The smallest absolute Gasteiger partial charge is 0.416 e. The van der Waals surface area contributed by atoms with Crippen molar-refractivity contribution in [2.45, 2.75) is 18.5 Å². The number of phenols is 1. The highest BCUT2D eigenvalue weighted by atomic mass is 19.4. The molecule has 190 valence electrons. The van der Waals surface area contributed by atoms with Crippen LogP contribution in [0.15, 0.2) is 72.8 Å². The van der Waals surface area contributed by atoms with Crippen molar-refractivity contribution >= 4 is 17.5 Å². The number of methoxy groups -OCH3 is 1. The molecule has 3 aromatic rings. The van der Waals surface area contributed by atoms with Gasteiger partial charge in [-0.2, -0.15) is 13.2 Å². The van der Waals surface area contributed by atoms with Crippen LogP contribution in [0.2, 0.25) is 0 Å². The van der Waals surface area contributed by atoms with E-state index in [1.165, 1.54) is 41.2 Å². The summed E-state index contributed by atoms with van der Waals surface area (Å²) in [4.78, 5) is 29.7. The van der Waals surface area contributed by atoms with Crippen molar-refractivity contribution in [3.8, 4) is 11.5 Å². The van der Waals surface area contributed by atoms with E-state index in [2.05, 4.69) is 0 Å². The molecule has 3 aromatic carbocycles. The van der Waals surface area contributed by atoms with Crippen molar-refractivity contribution in [3.05, 3.63) is 89.5 Å². The highest BCUT2D eigenvalue weighted by molar-refractivity contribution is 6.12. The van der Waals surface area contributed by atoms with Crippen molar-refractivity contribution in [1.29, 1.82) is 0 Å². The van der Waals surface area contributed by atoms with Gasteiger partial charge in [0.1, 0.15) is 5.92 Å². The summed E-state index contributed by atoms with van der Waals surface area (Å²) in [7, 11) is 4.50. The molecule has 0 bridgehead atoms. The van der Waals surface area contributed by atoms with E-state index in [-0.39, 0.29) is 24.5 Å². The van der Waals surface area contributed by atoms with Gasteiger partial charge in [0.2, 0.25) is 11.8 Å². The number of hydrogen-bond acceptors (Lipinski definition) is 4. The number of amides is 2. The van der Waals surface area contributed by atoms with E-state index in [0.717, 1.165) is 12.1 Å². The Morgan fingerprint density at radius 1 is 0.944 bits per heavy atom. The maximum absolute atomic E-state index is 13.9. The number of likely N-dealkylation sites (N-methyl/N-ethyl adjacent to an activating group) is 1. The van der Waals surface area contributed by atoms with Crippen molar-refractivity contribution in [1.82, 2.24) is 4.90 Å². The summed E-state index contributed by atoms with van der Waals surface area (Å²) in [6.45, 7) is 0.0556. The van der Waals surface area contributed by atoms with Crippen LogP contribution in [0.5, 0.6) is 11.5 Å². The predicted octanol–water partition coefficient (Wildman–Crippen LogP) is 4.87. The first-order chi connectivity index (χ1) is 17.0. The van der Waals surface area contributed by atoms with Gasteiger partial charge in [-0.3, -0.25) is 9.59 Å². The molecule has 1 atom stereocenters. The SMILES string of the molecule is COc1ccc(N(CCc2ccc(C(F)(F)F)cc2)C(=O)C(C(=O)N(C)C)c2ccccc2)cc1O. The lowest BCUT2D eigenvalue weighted by atomic mass is 9.95. The van der Waals surface area contributed by atoms with Gasteiger partial charge in [0.05, 0.1) is 12.7 Å². The van der Waals surface area contributed by atoms with Gasteiger partial charge in [-0.05, 0) is 41.8 Å². The Morgan fingerprint density at radius 3 is 2.11 bits per heavy atom. The molecule has 3 rings (SSSR count). The molecule has 0 aliphatic carbocycles. The zero-order valence-electron chi connectivity index (χ0n) is 20.1. The Bertz CT molecular complexity index is 1200. The zero-order chi connectivity index (χ0) is 26.5. The molecule has 1 N–H and O–H groups in total. The van der Waals surface area contributed by atoms with Crippen LogP contribution in [0.3, 0.4) is 0 Å². The van der Waals surface area contributed by atoms with E-state index in [4.69, 9.17) is 4.74 Å². The van der Waals surface area contributed by atoms with Crippen molar-refractivity contribution in [2.75, 3.05) is 32.6 Å². The van der Waals surface area contributed by atoms with E-state index in [1.807, 2.05) is 0 Å². The number of benzene rings is 3. The quantitative estimate of drug-likeness (QED) is 0.448. The van der Waals surface area contributed by atoms with Gasteiger partial charge >= 0.3 is 6.18 Å². The maximum atomic E-state index is 13.9. The number of hydrogen-bond donors (Lipinski definition) is 1. The number of anilines is 1. The van der Waals surface area contributed by atoms with Crippen molar-refractivity contribution < 1.29 is 32.6 Å². The molecule has 0 aliphatic heterocycles.